The van der Waals surface area contributed by atoms with E-state index in [0.29, 0.717) is 19.5 Å². The third kappa shape index (κ3) is 3.98. The molecule has 0 spiro atoms. The van der Waals surface area contributed by atoms with Gasteiger partial charge in [0.15, 0.2) is 0 Å². The van der Waals surface area contributed by atoms with E-state index in [4.69, 9.17) is 9.94 Å². The average Bonchev–Trinajstić information content (AvgIpc) is 2.71. The van der Waals surface area contributed by atoms with Crippen molar-refractivity contribution in [1.82, 2.24) is 4.90 Å². The molecule has 2 rings (SSSR count). The number of benzene rings is 1. The van der Waals surface area contributed by atoms with Crippen LogP contribution in [0.25, 0.3) is 0 Å². The minimum absolute atomic E-state index is 0.289. The fourth-order valence-electron chi connectivity index (χ4n) is 2.07. The maximum absolute atomic E-state index is 11.9. The summed E-state index contributed by atoms with van der Waals surface area (Å²) in [7, 11) is 0. The van der Waals surface area contributed by atoms with Gasteiger partial charge < -0.3 is 14.8 Å². The van der Waals surface area contributed by atoms with E-state index in [-0.39, 0.29) is 12.7 Å². The van der Waals surface area contributed by atoms with Crippen molar-refractivity contribution in [2.75, 3.05) is 13.1 Å². The number of hydrogen-bond acceptors (Lipinski definition) is 4. The first-order chi connectivity index (χ1) is 9.29. The van der Waals surface area contributed by atoms with Crippen LogP contribution in [-0.4, -0.2) is 35.0 Å². The molecular formula is C14H18N2O3. The summed E-state index contributed by atoms with van der Waals surface area (Å²) >= 11 is 0. The molecule has 1 heterocycles. The molecule has 1 saturated heterocycles. The fraction of sp³-hybridized carbons (Fsp3) is 0.429. The zero-order valence-electron chi connectivity index (χ0n) is 10.8. The predicted molar refractivity (Wildman–Crippen MR) is 71.3 cm³/mol. The van der Waals surface area contributed by atoms with E-state index in [2.05, 4.69) is 5.16 Å². The van der Waals surface area contributed by atoms with Crippen molar-refractivity contribution < 1.29 is 14.7 Å². The number of ether oxygens (including phenoxy) is 1. The molecule has 0 aliphatic carbocycles. The highest BCUT2D eigenvalue weighted by molar-refractivity contribution is 5.84. The van der Waals surface area contributed by atoms with Gasteiger partial charge in [-0.25, -0.2) is 4.79 Å². The lowest BCUT2D eigenvalue weighted by molar-refractivity contribution is 0.0978. The first-order valence-electron chi connectivity index (χ1n) is 6.45. The van der Waals surface area contributed by atoms with Crippen LogP contribution >= 0.6 is 0 Å². The van der Waals surface area contributed by atoms with E-state index in [1.54, 1.807) is 4.90 Å². The van der Waals surface area contributed by atoms with Crippen molar-refractivity contribution in [1.29, 1.82) is 0 Å². The Bertz CT molecular complexity index is 445. The Morgan fingerprint density at radius 3 is 2.79 bits per heavy atom. The number of rotatable bonds is 2. The summed E-state index contributed by atoms with van der Waals surface area (Å²) < 4.78 is 5.28. The van der Waals surface area contributed by atoms with Crippen molar-refractivity contribution >= 4 is 11.8 Å². The third-order valence-electron chi connectivity index (χ3n) is 3.17. The zero-order valence-corrected chi connectivity index (χ0v) is 10.8. The Balaban J connectivity index is 1.83. The number of carbonyl (C=O) groups excluding carboxylic acids is 1. The molecule has 1 N–H and O–H groups in total. The van der Waals surface area contributed by atoms with Crippen LogP contribution in [0.1, 0.15) is 24.8 Å². The minimum Gasteiger partial charge on any atom is -0.445 e. The van der Waals surface area contributed by atoms with Gasteiger partial charge in [0.2, 0.25) is 0 Å². The van der Waals surface area contributed by atoms with Gasteiger partial charge in [-0.15, -0.1) is 0 Å². The Morgan fingerprint density at radius 2 is 2.05 bits per heavy atom. The second-order valence-corrected chi connectivity index (χ2v) is 4.55. The highest BCUT2D eigenvalue weighted by Gasteiger charge is 2.19. The van der Waals surface area contributed by atoms with Crippen molar-refractivity contribution in [2.24, 2.45) is 5.16 Å². The molecule has 0 aromatic heterocycles. The summed E-state index contributed by atoms with van der Waals surface area (Å²) in [6.07, 6.45) is 1.85. The van der Waals surface area contributed by atoms with Crippen molar-refractivity contribution in [3.63, 3.8) is 0 Å². The molecule has 1 aromatic rings. The Hall–Kier alpha value is -2.04. The summed E-state index contributed by atoms with van der Waals surface area (Å²) in [6.45, 7) is 1.48. The highest BCUT2D eigenvalue weighted by atomic mass is 16.6. The Morgan fingerprint density at radius 1 is 1.26 bits per heavy atom. The molecule has 1 aliphatic heterocycles. The van der Waals surface area contributed by atoms with Crippen molar-refractivity contribution in [3.05, 3.63) is 35.9 Å². The largest absolute Gasteiger partial charge is 0.445 e. The molecule has 0 unspecified atom stereocenters. The van der Waals surface area contributed by atoms with Gasteiger partial charge in [-0.05, 0) is 18.4 Å². The Labute approximate surface area is 112 Å². The molecule has 5 heteroatoms. The lowest BCUT2D eigenvalue weighted by Gasteiger charge is -2.19. The molecule has 5 nitrogen and oxygen atoms in total. The number of nitrogens with zero attached hydrogens (tertiary/aromatic N) is 2. The molecule has 1 aromatic carbocycles. The van der Waals surface area contributed by atoms with Crippen LogP contribution < -0.4 is 0 Å². The van der Waals surface area contributed by atoms with Gasteiger partial charge in [0.25, 0.3) is 0 Å². The topological polar surface area (TPSA) is 62.1 Å². The first-order valence-corrected chi connectivity index (χ1v) is 6.45. The van der Waals surface area contributed by atoms with E-state index in [9.17, 15) is 4.79 Å². The maximum Gasteiger partial charge on any atom is 0.410 e. The van der Waals surface area contributed by atoms with Crippen molar-refractivity contribution in [3.8, 4) is 0 Å². The normalized spacial score (nSPS) is 18.1. The average molecular weight is 262 g/mol. The van der Waals surface area contributed by atoms with Gasteiger partial charge in [-0.3, -0.25) is 0 Å². The van der Waals surface area contributed by atoms with Crippen LogP contribution in [0.2, 0.25) is 0 Å². The van der Waals surface area contributed by atoms with Gasteiger partial charge in [-0.1, -0.05) is 35.5 Å². The molecule has 0 saturated carbocycles. The first kappa shape index (κ1) is 13.4. The number of likely N-dealkylation sites (tertiary alicyclic amines) is 1. The van der Waals surface area contributed by atoms with Crippen LogP contribution in [0.4, 0.5) is 4.79 Å². The summed E-state index contributed by atoms with van der Waals surface area (Å²) in [5.41, 5.74) is 1.72. The van der Waals surface area contributed by atoms with E-state index < -0.39 is 0 Å². The smallest absolute Gasteiger partial charge is 0.410 e. The monoisotopic (exact) mass is 262 g/mol. The molecule has 0 radical (unpaired) electrons. The molecule has 1 aliphatic rings. The molecule has 19 heavy (non-hydrogen) atoms. The molecule has 102 valence electrons. The number of hydrogen-bond donors (Lipinski definition) is 1. The summed E-state index contributed by atoms with van der Waals surface area (Å²) in [5, 5.41) is 12.0. The predicted octanol–water partition coefficient (Wildman–Crippen LogP) is 2.64. The summed E-state index contributed by atoms with van der Waals surface area (Å²) in [6, 6.07) is 9.60. The second kappa shape index (κ2) is 6.78. The number of oxime groups is 1. The van der Waals surface area contributed by atoms with Crippen LogP contribution in [0.5, 0.6) is 0 Å². The van der Waals surface area contributed by atoms with Crippen LogP contribution in [-0.2, 0) is 11.3 Å². The van der Waals surface area contributed by atoms with Gasteiger partial charge in [0.05, 0.1) is 5.71 Å². The standard InChI is InChI=1S/C14H18N2O3/c17-14(19-11-12-5-2-1-3-6-12)16-9-4-7-13(15-18)8-10-16/h1-3,5-6,18H,4,7-11H2/b15-13-. The van der Waals surface area contributed by atoms with Crippen LogP contribution in [0, 0.1) is 0 Å². The third-order valence-corrected chi connectivity index (χ3v) is 3.17. The van der Waals surface area contributed by atoms with Gasteiger partial charge >= 0.3 is 6.09 Å². The second-order valence-electron chi connectivity index (χ2n) is 4.55. The van der Waals surface area contributed by atoms with Gasteiger partial charge in [0.1, 0.15) is 6.61 Å². The molecule has 1 fully saturated rings. The summed E-state index contributed by atoms with van der Waals surface area (Å²) in [4.78, 5) is 13.6. The quantitative estimate of drug-likeness (QED) is 0.658. The van der Waals surface area contributed by atoms with Gasteiger partial charge in [0, 0.05) is 19.5 Å². The van der Waals surface area contributed by atoms with Crippen molar-refractivity contribution in [2.45, 2.75) is 25.9 Å². The highest BCUT2D eigenvalue weighted by Crippen LogP contribution is 2.10. The lowest BCUT2D eigenvalue weighted by Crippen LogP contribution is -2.32. The fourth-order valence-corrected chi connectivity index (χ4v) is 2.07. The van der Waals surface area contributed by atoms with E-state index in [0.717, 1.165) is 24.1 Å². The van der Waals surface area contributed by atoms with Crippen LogP contribution in [0.15, 0.2) is 35.5 Å². The van der Waals surface area contributed by atoms with Crippen LogP contribution in [0.3, 0.4) is 0 Å². The minimum atomic E-state index is -0.303. The molecular weight excluding hydrogens is 244 g/mol. The molecule has 1 amide bonds. The van der Waals surface area contributed by atoms with E-state index in [1.807, 2.05) is 30.3 Å². The van der Waals surface area contributed by atoms with Gasteiger partial charge in [-0.2, -0.15) is 0 Å². The molecule has 0 bridgehead atoms. The zero-order chi connectivity index (χ0) is 13.5. The SMILES string of the molecule is O=C(OCc1ccccc1)N1CCC/C(=N/O)CC1. The molecule has 0 atom stereocenters. The number of carbonyl (C=O) groups is 1. The lowest BCUT2D eigenvalue weighted by atomic mass is 10.2. The van der Waals surface area contributed by atoms with E-state index >= 15 is 0 Å². The van der Waals surface area contributed by atoms with E-state index in [1.165, 1.54) is 0 Å². The maximum atomic E-state index is 11.9. The summed E-state index contributed by atoms with van der Waals surface area (Å²) in [5.74, 6) is 0. The number of amides is 1. The Kier molecular flexibility index (Phi) is 4.78.